The van der Waals surface area contributed by atoms with E-state index in [1.165, 1.54) is 0 Å². The lowest BCUT2D eigenvalue weighted by Gasteiger charge is -2.38. The molecule has 0 fully saturated rings. The second kappa shape index (κ2) is 4.66. The summed E-state index contributed by atoms with van der Waals surface area (Å²) >= 11 is 0. The van der Waals surface area contributed by atoms with Gasteiger partial charge in [-0.2, -0.15) is 5.10 Å². The van der Waals surface area contributed by atoms with Crippen molar-refractivity contribution in [1.29, 1.82) is 0 Å². The van der Waals surface area contributed by atoms with Crippen LogP contribution in [0.2, 0.25) is 0 Å². The SMILES string of the molecule is CC(C)(C)N1CCn2nc(C(=O)O)cc2C1.Cl. The molecule has 2 heterocycles. The van der Waals surface area contributed by atoms with Crippen LogP contribution in [0, 0.1) is 0 Å². The first-order chi connectivity index (χ1) is 7.38. The summed E-state index contributed by atoms with van der Waals surface area (Å²) in [5.74, 6) is -0.954. The van der Waals surface area contributed by atoms with Crippen molar-refractivity contribution in [3.8, 4) is 0 Å². The zero-order valence-corrected chi connectivity index (χ0v) is 11.1. The number of hydrogen-bond donors (Lipinski definition) is 1. The Bertz CT molecular complexity index is 423. The van der Waals surface area contributed by atoms with Crippen LogP contribution in [0.5, 0.6) is 0 Å². The second-order valence-electron chi connectivity index (χ2n) is 5.14. The first kappa shape index (κ1) is 14.0. The highest BCUT2D eigenvalue weighted by molar-refractivity contribution is 5.85. The molecule has 0 aliphatic carbocycles. The maximum atomic E-state index is 10.8. The highest BCUT2D eigenvalue weighted by Crippen LogP contribution is 2.21. The lowest BCUT2D eigenvalue weighted by molar-refractivity contribution is 0.0688. The lowest BCUT2D eigenvalue weighted by Crippen LogP contribution is -2.45. The van der Waals surface area contributed by atoms with Crippen LogP contribution in [0.25, 0.3) is 0 Å². The molecule has 0 saturated carbocycles. The molecule has 0 saturated heterocycles. The van der Waals surface area contributed by atoms with Gasteiger partial charge in [-0.1, -0.05) is 0 Å². The summed E-state index contributed by atoms with van der Waals surface area (Å²) in [4.78, 5) is 13.1. The topological polar surface area (TPSA) is 58.4 Å². The van der Waals surface area contributed by atoms with Crippen molar-refractivity contribution in [1.82, 2.24) is 14.7 Å². The number of halogens is 1. The first-order valence-electron chi connectivity index (χ1n) is 5.43. The molecule has 17 heavy (non-hydrogen) atoms. The van der Waals surface area contributed by atoms with Crippen molar-refractivity contribution in [2.75, 3.05) is 6.54 Å². The Morgan fingerprint density at radius 2 is 2.06 bits per heavy atom. The molecular formula is C11H18ClN3O2. The van der Waals surface area contributed by atoms with E-state index in [4.69, 9.17) is 5.11 Å². The summed E-state index contributed by atoms with van der Waals surface area (Å²) in [5.41, 5.74) is 1.24. The molecule has 5 nitrogen and oxygen atoms in total. The van der Waals surface area contributed by atoms with E-state index in [1.807, 2.05) is 0 Å². The van der Waals surface area contributed by atoms with Gasteiger partial charge in [-0.25, -0.2) is 4.79 Å². The van der Waals surface area contributed by atoms with E-state index in [-0.39, 0.29) is 23.6 Å². The zero-order chi connectivity index (χ0) is 11.9. The van der Waals surface area contributed by atoms with Crippen LogP contribution in [0.4, 0.5) is 0 Å². The largest absolute Gasteiger partial charge is 0.476 e. The minimum absolute atomic E-state index is 0. The number of carboxylic acid groups (broad SMARTS) is 1. The zero-order valence-electron chi connectivity index (χ0n) is 10.3. The number of nitrogens with zero attached hydrogens (tertiary/aromatic N) is 3. The van der Waals surface area contributed by atoms with Gasteiger partial charge in [-0.15, -0.1) is 12.4 Å². The number of fused-ring (bicyclic) bond motifs is 1. The fourth-order valence-electron chi connectivity index (χ4n) is 1.94. The van der Waals surface area contributed by atoms with E-state index < -0.39 is 5.97 Å². The van der Waals surface area contributed by atoms with Gasteiger partial charge in [0.05, 0.1) is 12.2 Å². The quantitative estimate of drug-likeness (QED) is 0.833. The van der Waals surface area contributed by atoms with Gasteiger partial charge in [-0.05, 0) is 26.8 Å². The van der Waals surface area contributed by atoms with Gasteiger partial charge >= 0.3 is 5.97 Å². The van der Waals surface area contributed by atoms with Crippen molar-refractivity contribution in [2.45, 2.75) is 39.4 Å². The molecule has 0 unspecified atom stereocenters. The first-order valence-corrected chi connectivity index (χ1v) is 5.43. The molecule has 0 amide bonds. The molecule has 0 aromatic carbocycles. The molecule has 0 radical (unpaired) electrons. The molecule has 1 aliphatic heterocycles. The smallest absolute Gasteiger partial charge is 0.356 e. The Balaban J connectivity index is 0.00000144. The molecule has 0 bridgehead atoms. The van der Waals surface area contributed by atoms with Gasteiger partial charge in [0.25, 0.3) is 0 Å². The van der Waals surface area contributed by atoms with Crippen LogP contribution in [0.15, 0.2) is 6.07 Å². The van der Waals surface area contributed by atoms with Crippen LogP contribution >= 0.6 is 12.4 Å². The standard InChI is InChI=1S/C11H17N3O2.ClH/c1-11(2,3)13-4-5-14-8(7-13)6-9(12-14)10(15)16;/h6H,4-5,7H2,1-3H3,(H,15,16);1H. The molecule has 2 rings (SSSR count). The van der Waals surface area contributed by atoms with Crippen molar-refractivity contribution in [3.63, 3.8) is 0 Å². The van der Waals surface area contributed by atoms with Crippen LogP contribution in [0.3, 0.4) is 0 Å². The van der Waals surface area contributed by atoms with E-state index in [0.29, 0.717) is 0 Å². The van der Waals surface area contributed by atoms with E-state index in [1.54, 1.807) is 10.7 Å². The number of carboxylic acids is 1. The van der Waals surface area contributed by atoms with Gasteiger partial charge in [0.2, 0.25) is 0 Å². The Labute approximate surface area is 107 Å². The molecule has 6 heteroatoms. The number of carbonyl (C=O) groups is 1. The van der Waals surface area contributed by atoms with Crippen molar-refractivity contribution >= 4 is 18.4 Å². The summed E-state index contributed by atoms with van der Waals surface area (Å²) in [6.45, 7) is 8.94. The summed E-state index contributed by atoms with van der Waals surface area (Å²) < 4.78 is 1.80. The van der Waals surface area contributed by atoms with E-state index in [2.05, 4.69) is 30.8 Å². The third-order valence-corrected chi connectivity index (χ3v) is 2.97. The molecule has 0 atom stereocenters. The van der Waals surface area contributed by atoms with E-state index in [9.17, 15) is 4.79 Å². The van der Waals surface area contributed by atoms with Crippen LogP contribution in [-0.2, 0) is 13.1 Å². The summed E-state index contributed by atoms with van der Waals surface area (Å²) in [6.07, 6.45) is 0. The maximum absolute atomic E-state index is 10.8. The number of rotatable bonds is 1. The number of hydrogen-bond acceptors (Lipinski definition) is 3. The maximum Gasteiger partial charge on any atom is 0.356 e. The van der Waals surface area contributed by atoms with Crippen molar-refractivity contribution in [3.05, 3.63) is 17.5 Å². The number of aromatic carboxylic acids is 1. The Morgan fingerprint density at radius 3 is 2.59 bits per heavy atom. The van der Waals surface area contributed by atoms with Crippen LogP contribution in [0.1, 0.15) is 37.0 Å². The van der Waals surface area contributed by atoms with Gasteiger partial charge in [0.1, 0.15) is 0 Å². The predicted molar refractivity (Wildman–Crippen MR) is 66.6 cm³/mol. The highest BCUT2D eigenvalue weighted by atomic mass is 35.5. The average molecular weight is 260 g/mol. The van der Waals surface area contributed by atoms with Crippen molar-refractivity contribution < 1.29 is 9.90 Å². The average Bonchev–Trinajstić information content (AvgIpc) is 2.58. The highest BCUT2D eigenvalue weighted by Gasteiger charge is 2.27. The Morgan fingerprint density at radius 1 is 1.41 bits per heavy atom. The Hall–Kier alpha value is -1.07. The van der Waals surface area contributed by atoms with Gasteiger partial charge in [-0.3, -0.25) is 9.58 Å². The van der Waals surface area contributed by atoms with Gasteiger partial charge in [0.15, 0.2) is 5.69 Å². The van der Waals surface area contributed by atoms with E-state index in [0.717, 1.165) is 25.3 Å². The normalized spacial score (nSPS) is 16.2. The molecular weight excluding hydrogens is 242 g/mol. The summed E-state index contributed by atoms with van der Waals surface area (Å²) in [6, 6.07) is 1.67. The molecule has 1 aromatic rings. The third kappa shape index (κ3) is 2.79. The van der Waals surface area contributed by atoms with Crippen LogP contribution < -0.4 is 0 Å². The minimum Gasteiger partial charge on any atom is -0.476 e. The van der Waals surface area contributed by atoms with Crippen LogP contribution in [-0.4, -0.2) is 37.8 Å². The monoisotopic (exact) mass is 259 g/mol. The summed E-state index contributed by atoms with van der Waals surface area (Å²) in [7, 11) is 0. The molecule has 1 aliphatic rings. The van der Waals surface area contributed by atoms with Gasteiger partial charge in [0, 0.05) is 18.6 Å². The molecule has 1 aromatic heterocycles. The predicted octanol–water partition coefficient (Wildman–Crippen LogP) is 1.62. The second-order valence-corrected chi connectivity index (χ2v) is 5.14. The third-order valence-electron chi connectivity index (χ3n) is 2.97. The van der Waals surface area contributed by atoms with E-state index >= 15 is 0 Å². The fourth-order valence-corrected chi connectivity index (χ4v) is 1.94. The number of aromatic nitrogens is 2. The lowest BCUT2D eigenvalue weighted by atomic mass is 10.0. The molecule has 1 N–H and O–H groups in total. The van der Waals surface area contributed by atoms with Gasteiger partial charge < -0.3 is 5.11 Å². The molecule has 0 spiro atoms. The molecule has 96 valence electrons. The Kier molecular flexibility index (Phi) is 3.84. The summed E-state index contributed by atoms with van der Waals surface area (Å²) in [5, 5.41) is 12.9. The van der Waals surface area contributed by atoms with Crippen molar-refractivity contribution in [2.24, 2.45) is 0 Å². The fraction of sp³-hybridized carbons (Fsp3) is 0.636. The minimum atomic E-state index is -0.954.